The molecule has 6 rings (SSSR count). The predicted octanol–water partition coefficient (Wildman–Crippen LogP) is 3.01. The Morgan fingerprint density at radius 3 is 2.85 bits per heavy atom. The van der Waals surface area contributed by atoms with Crippen LogP contribution in [0.15, 0.2) is 36.8 Å². The lowest BCUT2D eigenvalue weighted by molar-refractivity contribution is 0.499. The molecule has 0 amide bonds. The number of nitrogens with two attached hydrogens (primary N) is 1. The topological polar surface area (TPSA) is 125 Å². The molecule has 1 saturated heterocycles. The summed E-state index contributed by atoms with van der Waals surface area (Å²) >= 11 is 0. The first-order valence-corrected chi connectivity index (χ1v) is 10.9. The van der Waals surface area contributed by atoms with Crippen LogP contribution in [0.1, 0.15) is 12.8 Å². The maximum Gasteiger partial charge on any atom is 0.231 e. The Morgan fingerprint density at radius 1 is 1.18 bits per heavy atom. The number of benzene rings is 1. The zero-order valence-electron chi connectivity index (χ0n) is 18.0. The molecule has 0 aliphatic carbocycles. The van der Waals surface area contributed by atoms with Crippen LogP contribution in [0.4, 0.5) is 27.5 Å². The van der Waals surface area contributed by atoms with Gasteiger partial charge in [-0.25, -0.2) is 13.9 Å². The van der Waals surface area contributed by atoms with Crippen molar-refractivity contribution in [3.8, 4) is 0 Å². The molecule has 1 aromatic carbocycles. The molecule has 1 fully saturated rings. The lowest BCUT2D eigenvalue weighted by atomic mass is 10.1. The molecule has 1 aliphatic heterocycles. The third-order valence-electron chi connectivity index (χ3n) is 6.13. The first-order chi connectivity index (χ1) is 16.1. The zero-order chi connectivity index (χ0) is 22.5. The van der Waals surface area contributed by atoms with Crippen LogP contribution in [-0.2, 0) is 0 Å². The van der Waals surface area contributed by atoms with Gasteiger partial charge in [-0.05, 0) is 25.0 Å². The minimum atomic E-state index is -0.319. The van der Waals surface area contributed by atoms with Gasteiger partial charge in [-0.2, -0.15) is 15.1 Å². The third kappa shape index (κ3) is 3.37. The molecule has 11 heteroatoms. The number of H-pyrrole nitrogens is 1. The average Bonchev–Trinajstić information content (AvgIpc) is 3.42. The van der Waals surface area contributed by atoms with Crippen LogP contribution < -0.4 is 21.3 Å². The van der Waals surface area contributed by atoms with Gasteiger partial charge in [-0.15, -0.1) is 0 Å². The molecule has 5 N–H and O–H groups in total. The normalized spacial score (nSPS) is 15.1. The highest BCUT2D eigenvalue weighted by Crippen LogP contribution is 2.37. The number of aromatic amines is 1. The summed E-state index contributed by atoms with van der Waals surface area (Å²) in [7, 11) is 1.77. The van der Waals surface area contributed by atoms with E-state index in [0.717, 1.165) is 53.7 Å². The summed E-state index contributed by atoms with van der Waals surface area (Å²) in [5, 5.41) is 12.2. The van der Waals surface area contributed by atoms with Gasteiger partial charge >= 0.3 is 0 Å². The number of hydrogen-bond acceptors (Lipinski definition) is 8. The fraction of sp³-hybridized carbons (Fsp3) is 0.273. The van der Waals surface area contributed by atoms with Crippen molar-refractivity contribution in [2.24, 2.45) is 5.73 Å². The highest BCUT2D eigenvalue weighted by atomic mass is 19.1. The molecule has 10 nitrogen and oxygen atoms in total. The van der Waals surface area contributed by atoms with Crippen LogP contribution in [0.3, 0.4) is 0 Å². The molecule has 0 saturated carbocycles. The molecule has 0 radical (unpaired) electrons. The zero-order valence-corrected chi connectivity index (χ0v) is 18.0. The van der Waals surface area contributed by atoms with Crippen molar-refractivity contribution in [3.05, 3.63) is 42.6 Å². The molecule has 4 aromatic heterocycles. The average molecular weight is 446 g/mol. The SMILES string of the molecule is CNc1cc(F)cc2c1[nH]c1nc(Nc3cnn4ccnc4c3)nc(N3CCC(N)CC3)c12. The van der Waals surface area contributed by atoms with Crippen molar-refractivity contribution in [2.75, 3.05) is 35.7 Å². The second-order valence-electron chi connectivity index (χ2n) is 8.27. The van der Waals surface area contributed by atoms with E-state index >= 15 is 0 Å². The van der Waals surface area contributed by atoms with E-state index in [1.165, 1.54) is 12.1 Å². The Labute approximate surface area is 188 Å². The van der Waals surface area contributed by atoms with Crippen molar-refractivity contribution in [2.45, 2.75) is 18.9 Å². The fourth-order valence-electron chi connectivity index (χ4n) is 4.45. The quantitative estimate of drug-likeness (QED) is 0.332. The Kier molecular flexibility index (Phi) is 4.50. The number of piperidine rings is 1. The number of anilines is 4. The summed E-state index contributed by atoms with van der Waals surface area (Å²) in [6.07, 6.45) is 6.91. The molecule has 5 aromatic rings. The van der Waals surface area contributed by atoms with E-state index in [-0.39, 0.29) is 11.9 Å². The maximum atomic E-state index is 14.4. The number of aromatic nitrogens is 6. The van der Waals surface area contributed by atoms with Gasteiger partial charge in [0.2, 0.25) is 5.95 Å². The fourth-order valence-corrected chi connectivity index (χ4v) is 4.45. The minimum Gasteiger partial charge on any atom is -0.386 e. The molecular weight excluding hydrogens is 423 g/mol. The molecule has 0 unspecified atom stereocenters. The van der Waals surface area contributed by atoms with E-state index in [0.29, 0.717) is 22.9 Å². The van der Waals surface area contributed by atoms with Crippen molar-refractivity contribution >= 4 is 50.7 Å². The lowest BCUT2D eigenvalue weighted by Gasteiger charge is -2.31. The van der Waals surface area contributed by atoms with Crippen LogP contribution in [0, 0.1) is 5.82 Å². The Hall–Kier alpha value is -3.99. The van der Waals surface area contributed by atoms with E-state index in [2.05, 4.69) is 30.6 Å². The maximum absolute atomic E-state index is 14.4. The molecule has 0 spiro atoms. The highest BCUT2D eigenvalue weighted by molar-refractivity contribution is 6.14. The van der Waals surface area contributed by atoms with Gasteiger partial charge < -0.3 is 26.3 Å². The molecule has 1 aliphatic rings. The van der Waals surface area contributed by atoms with Crippen LogP contribution >= 0.6 is 0 Å². The Bertz CT molecular complexity index is 1480. The predicted molar refractivity (Wildman–Crippen MR) is 127 cm³/mol. The molecule has 0 bridgehead atoms. The first-order valence-electron chi connectivity index (χ1n) is 10.9. The molecule has 168 valence electrons. The van der Waals surface area contributed by atoms with Gasteiger partial charge in [0, 0.05) is 50.0 Å². The van der Waals surface area contributed by atoms with Gasteiger partial charge in [-0.1, -0.05) is 0 Å². The number of fused-ring (bicyclic) bond motifs is 4. The van der Waals surface area contributed by atoms with E-state index in [4.69, 9.17) is 15.7 Å². The van der Waals surface area contributed by atoms with Gasteiger partial charge in [-0.3, -0.25) is 0 Å². The van der Waals surface area contributed by atoms with Gasteiger partial charge in [0.25, 0.3) is 0 Å². The molecule has 0 atom stereocenters. The third-order valence-corrected chi connectivity index (χ3v) is 6.13. The molecule has 5 heterocycles. The number of halogens is 1. The molecule has 33 heavy (non-hydrogen) atoms. The van der Waals surface area contributed by atoms with E-state index in [1.807, 2.05) is 6.07 Å². The van der Waals surface area contributed by atoms with Crippen LogP contribution in [-0.4, -0.2) is 55.7 Å². The Balaban J connectivity index is 1.52. The second kappa shape index (κ2) is 7.55. The number of nitrogens with zero attached hydrogens (tertiary/aromatic N) is 6. The summed E-state index contributed by atoms with van der Waals surface area (Å²) in [4.78, 5) is 19.4. The number of hydrogen-bond donors (Lipinski definition) is 4. The van der Waals surface area contributed by atoms with Crippen LogP contribution in [0.5, 0.6) is 0 Å². The van der Waals surface area contributed by atoms with Crippen molar-refractivity contribution in [3.63, 3.8) is 0 Å². The van der Waals surface area contributed by atoms with Gasteiger partial charge in [0.15, 0.2) is 5.65 Å². The smallest absolute Gasteiger partial charge is 0.231 e. The van der Waals surface area contributed by atoms with Gasteiger partial charge in [0.05, 0.1) is 28.5 Å². The summed E-state index contributed by atoms with van der Waals surface area (Å²) in [6.45, 7) is 1.55. The van der Waals surface area contributed by atoms with Crippen molar-refractivity contribution in [1.82, 2.24) is 29.5 Å². The van der Waals surface area contributed by atoms with Crippen LogP contribution in [0.25, 0.3) is 27.6 Å². The van der Waals surface area contributed by atoms with E-state index in [9.17, 15) is 4.39 Å². The first kappa shape index (κ1) is 19.7. The second-order valence-corrected chi connectivity index (χ2v) is 8.27. The van der Waals surface area contributed by atoms with E-state index in [1.54, 1.807) is 30.2 Å². The Morgan fingerprint density at radius 2 is 2.03 bits per heavy atom. The number of rotatable bonds is 4. The van der Waals surface area contributed by atoms with Crippen LogP contribution in [0.2, 0.25) is 0 Å². The van der Waals surface area contributed by atoms with Crippen molar-refractivity contribution < 1.29 is 4.39 Å². The minimum absolute atomic E-state index is 0.180. The van der Waals surface area contributed by atoms with Gasteiger partial charge in [0.1, 0.15) is 17.3 Å². The summed E-state index contributed by atoms with van der Waals surface area (Å²) in [6, 6.07) is 5.05. The summed E-state index contributed by atoms with van der Waals surface area (Å²) < 4.78 is 16.1. The summed E-state index contributed by atoms with van der Waals surface area (Å²) in [5.41, 5.74) is 9.65. The van der Waals surface area contributed by atoms with E-state index < -0.39 is 0 Å². The summed E-state index contributed by atoms with van der Waals surface area (Å²) in [5.74, 6) is 0.854. The molecular formula is C22H23FN10. The number of imidazole rings is 1. The van der Waals surface area contributed by atoms with Crippen molar-refractivity contribution in [1.29, 1.82) is 0 Å². The highest BCUT2D eigenvalue weighted by Gasteiger charge is 2.24. The largest absolute Gasteiger partial charge is 0.386 e. The monoisotopic (exact) mass is 446 g/mol. The standard InChI is InChI=1S/C22H23FN10/c1-25-16-9-12(23)8-15-18-20(29-19(15)16)30-22(31-21(18)32-5-2-13(24)3-6-32)28-14-10-17-26-4-7-33(17)27-11-14/h4,7-11,13,25H,2-3,5-6,24H2,1H3,(H2,28,29,30,31). The number of nitrogens with one attached hydrogen (secondary N) is 3. The lowest BCUT2D eigenvalue weighted by Crippen LogP contribution is -2.40.